The molecule has 1 aliphatic carbocycles. The molecule has 0 saturated heterocycles. The third-order valence-corrected chi connectivity index (χ3v) is 3.68. The van der Waals surface area contributed by atoms with Gasteiger partial charge in [0.2, 0.25) is 0 Å². The lowest BCUT2D eigenvalue weighted by Gasteiger charge is -2.33. The van der Waals surface area contributed by atoms with Crippen molar-refractivity contribution >= 4 is 0 Å². The molecule has 0 bridgehead atoms. The maximum atomic E-state index is 3.47. The second kappa shape index (κ2) is 7.24. The summed E-state index contributed by atoms with van der Waals surface area (Å²) in [7, 11) is 2.29. The third-order valence-electron chi connectivity index (χ3n) is 3.68. The van der Waals surface area contributed by atoms with Crippen molar-refractivity contribution in [3.05, 3.63) is 0 Å². The molecule has 0 aromatic carbocycles. The summed E-state index contributed by atoms with van der Waals surface area (Å²) in [6.45, 7) is 8.13. The number of hydrogen-bond donors (Lipinski definition) is 1. The maximum Gasteiger partial charge on any atom is 0.0107 e. The number of nitrogens with one attached hydrogen (secondary N) is 1. The van der Waals surface area contributed by atoms with Gasteiger partial charge in [0.25, 0.3) is 0 Å². The van der Waals surface area contributed by atoms with Gasteiger partial charge in [0.15, 0.2) is 0 Å². The lowest BCUT2D eigenvalue weighted by molar-refractivity contribution is 0.171. The highest BCUT2D eigenvalue weighted by atomic mass is 15.1. The van der Waals surface area contributed by atoms with Crippen LogP contribution < -0.4 is 5.32 Å². The Morgan fingerprint density at radius 1 is 1.13 bits per heavy atom. The molecule has 0 aromatic rings. The Bertz CT molecular complexity index is 151. The molecule has 0 unspecified atom stereocenters. The summed E-state index contributed by atoms with van der Waals surface area (Å²) in [5, 5.41) is 3.47. The van der Waals surface area contributed by atoms with Gasteiger partial charge in [0.1, 0.15) is 0 Å². The molecule has 1 fully saturated rings. The molecule has 1 saturated carbocycles. The Balaban J connectivity index is 2.08. The summed E-state index contributed by atoms with van der Waals surface area (Å²) in [5.74, 6) is 0.966. The van der Waals surface area contributed by atoms with Crippen LogP contribution >= 0.6 is 0 Å². The minimum Gasteiger partial charge on any atom is -0.315 e. The molecule has 1 rings (SSSR count). The van der Waals surface area contributed by atoms with E-state index in [9.17, 15) is 0 Å². The molecule has 1 N–H and O–H groups in total. The van der Waals surface area contributed by atoms with Crippen LogP contribution in [0.5, 0.6) is 0 Å². The van der Waals surface area contributed by atoms with Gasteiger partial charge in [-0.25, -0.2) is 0 Å². The molecule has 0 radical (unpaired) electrons. The second-order valence-electron chi connectivity index (χ2n) is 5.14. The summed E-state index contributed by atoms with van der Waals surface area (Å²) in [5.41, 5.74) is 0. The third kappa shape index (κ3) is 4.98. The normalized spacial score (nSPS) is 27.2. The zero-order valence-electron chi connectivity index (χ0n) is 10.8. The van der Waals surface area contributed by atoms with Crippen molar-refractivity contribution < 1.29 is 0 Å². The lowest BCUT2D eigenvalue weighted by atomic mass is 9.87. The van der Waals surface area contributed by atoms with Crippen molar-refractivity contribution in [1.82, 2.24) is 10.2 Å². The van der Waals surface area contributed by atoms with E-state index in [1.807, 2.05) is 0 Å². The topological polar surface area (TPSA) is 15.3 Å². The van der Waals surface area contributed by atoms with Crippen molar-refractivity contribution in [3.8, 4) is 0 Å². The molecule has 2 nitrogen and oxygen atoms in total. The fourth-order valence-corrected chi connectivity index (χ4v) is 2.42. The van der Waals surface area contributed by atoms with Gasteiger partial charge < -0.3 is 10.2 Å². The number of nitrogens with zero attached hydrogens (tertiary/aromatic N) is 1. The highest BCUT2D eigenvalue weighted by molar-refractivity contribution is 4.76. The summed E-state index contributed by atoms with van der Waals surface area (Å²) in [6, 6.07) is 0.852. The summed E-state index contributed by atoms with van der Waals surface area (Å²) in [4.78, 5) is 2.55. The lowest BCUT2D eigenvalue weighted by Crippen LogP contribution is -2.39. The van der Waals surface area contributed by atoms with Gasteiger partial charge in [-0.05, 0) is 51.6 Å². The van der Waals surface area contributed by atoms with E-state index in [2.05, 4.69) is 31.1 Å². The van der Waals surface area contributed by atoms with Crippen LogP contribution in [0.25, 0.3) is 0 Å². The van der Waals surface area contributed by atoms with Crippen LogP contribution in [-0.4, -0.2) is 37.6 Å². The molecule has 90 valence electrons. The Morgan fingerprint density at radius 2 is 1.80 bits per heavy atom. The molecular formula is C13H28N2. The van der Waals surface area contributed by atoms with Gasteiger partial charge in [0, 0.05) is 19.1 Å². The smallest absolute Gasteiger partial charge is 0.0107 e. The Labute approximate surface area is 95.4 Å². The summed E-state index contributed by atoms with van der Waals surface area (Å²) in [6.07, 6.45) is 6.91. The van der Waals surface area contributed by atoms with Crippen LogP contribution in [0, 0.1) is 5.92 Å². The van der Waals surface area contributed by atoms with E-state index in [1.165, 1.54) is 38.6 Å². The minimum absolute atomic E-state index is 0.852. The quantitative estimate of drug-likeness (QED) is 0.681. The molecule has 0 aliphatic heterocycles. The first-order chi connectivity index (χ1) is 7.24. The number of likely N-dealkylation sites (N-methyl/N-ethyl adjacent to an activating group) is 1. The van der Waals surface area contributed by atoms with Gasteiger partial charge in [-0.2, -0.15) is 0 Å². The van der Waals surface area contributed by atoms with Crippen LogP contribution in [0.1, 0.15) is 46.0 Å². The Kier molecular flexibility index (Phi) is 6.26. The van der Waals surface area contributed by atoms with Crippen LogP contribution in [0.2, 0.25) is 0 Å². The van der Waals surface area contributed by atoms with E-state index < -0.39 is 0 Å². The zero-order chi connectivity index (χ0) is 11.1. The van der Waals surface area contributed by atoms with E-state index in [0.29, 0.717) is 0 Å². The SMILES string of the molecule is CCCNCCN(C)C1CCC(C)CC1. The second-order valence-corrected chi connectivity index (χ2v) is 5.14. The van der Waals surface area contributed by atoms with Gasteiger partial charge >= 0.3 is 0 Å². The fourth-order valence-electron chi connectivity index (χ4n) is 2.42. The van der Waals surface area contributed by atoms with Gasteiger partial charge in [-0.3, -0.25) is 0 Å². The van der Waals surface area contributed by atoms with Crippen molar-refractivity contribution in [2.75, 3.05) is 26.7 Å². The number of hydrogen-bond acceptors (Lipinski definition) is 2. The maximum absolute atomic E-state index is 3.47. The Hall–Kier alpha value is -0.0800. The van der Waals surface area contributed by atoms with Gasteiger partial charge in [-0.15, -0.1) is 0 Å². The molecule has 0 spiro atoms. The zero-order valence-corrected chi connectivity index (χ0v) is 10.8. The van der Waals surface area contributed by atoms with E-state index >= 15 is 0 Å². The standard InChI is InChI=1S/C13H28N2/c1-4-9-14-10-11-15(3)13-7-5-12(2)6-8-13/h12-14H,4-11H2,1-3H3. The van der Waals surface area contributed by atoms with Gasteiger partial charge in [0.05, 0.1) is 0 Å². The largest absolute Gasteiger partial charge is 0.315 e. The molecule has 2 heteroatoms. The van der Waals surface area contributed by atoms with Crippen molar-refractivity contribution in [1.29, 1.82) is 0 Å². The average molecular weight is 212 g/mol. The van der Waals surface area contributed by atoms with Crippen molar-refractivity contribution in [3.63, 3.8) is 0 Å². The van der Waals surface area contributed by atoms with E-state index in [0.717, 1.165) is 25.0 Å². The summed E-state index contributed by atoms with van der Waals surface area (Å²) < 4.78 is 0. The molecule has 0 aromatic heterocycles. The Morgan fingerprint density at radius 3 is 2.40 bits per heavy atom. The first-order valence-corrected chi connectivity index (χ1v) is 6.65. The fraction of sp³-hybridized carbons (Fsp3) is 1.00. The number of rotatable bonds is 6. The first kappa shape index (κ1) is 13.0. The van der Waals surface area contributed by atoms with E-state index in [4.69, 9.17) is 0 Å². The predicted molar refractivity (Wildman–Crippen MR) is 67.2 cm³/mol. The van der Waals surface area contributed by atoms with Gasteiger partial charge in [-0.1, -0.05) is 13.8 Å². The molecule has 1 aliphatic rings. The molecule has 0 heterocycles. The molecule has 0 atom stereocenters. The van der Waals surface area contributed by atoms with Crippen molar-refractivity contribution in [2.24, 2.45) is 5.92 Å². The van der Waals surface area contributed by atoms with E-state index in [1.54, 1.807) is 0 Å². The first-order valence-electron chi connectivity index (χ1n) is 6.65. The highest BCUT2D eigenvalue weighted by Gasteiger charge is 2.20. The molecular weight excluding hydrogens is 184 g/mol. The highest BCUT2D eigenvalue weighted by Crippen LogP contribution is 2.26. The van der Waals surface area contributed by atoms with E-state index in [-0.39, 0.29) is 0 Å². The van der Waals surface area contributed by atoms with Crippen LogP contribution in [0.15, 0.2) is 0 Å². The monoisotopic (exact) mass is 212 g/mol. The van der Waals surface area contributed by atoms with Crippen molar-refractivity contribution in [2.45, 2.75) is 52.0 Å². The average Bonchev–Trinajstić information content (AvgIpc) is 2.25. The van der Waals surface area contributed by atoms with Crippen LogP contribution in [-0.2, 0) is 0 Å². The minimum atomic E-state index is 0.852. The summed E-state index contributed by atoms with van der Waals surface area (Å²) >= 11 is 0. The molecule has 0 amide bonds. The van der Waals surface area contributed by atoms with Crippen LogP contribution in [0.3, 0.4) is 0 Å². The molecule has 15 heavy (non-hydrogen) atoms. The predicted octanol–water partition coefficient (Wildman–Crippen LogP) is 2.50. The van der Waals surface area contributed by atoms with Crippen LogP contribution in [0.4, 0.5) is 0 Å².